The van der Waals surface area contributed by atoms with Crippen LogP contribution in [0.15, 0.2) is 51.8 Å². The average Bonchev–Trinajstić information content (AvgIpc) is 3.09. The standard InChI is InChI=1S/C18H15N5O3/c24-18(12-7-13-3-1-2-6-23(13)10-12)19-9-16-20-17(22-26-16)14-8-15(25-21-14)11-4-5-11/h1-3,6-8,10-11H,4-5,9H2,(H,19,24). The number of rotatable bonds is 5. The lowest BCUT2D eigenvalue weighted by atomic mass is 10.3. The molecule has 1 saturated carbocycles. The van der Waals surface area contributed by atoms with Crippen molar-refractivity contribution in [3.63, 3.8) is 0 Å². The summed E-state index contributed by atoms with van der Waals surface area (Å²) in [4.78, 5) is 16.6. The lowest BCUT2D eigenvalue weighted by Crippen LogP contribution is -2.22. The minimum Gasteiger partial charge on any atom is -0.360 e. The van der Waals surface area contributed by atoms with Gasteiger partial charge in [0, 0.05) is 29.9 Å². The minimum absolute atomic E-state index is 0.144. The normalized spacial score (nSPS) is 14.0. The first-order chi connectivity index (χ1) is 12.8. The van der Waals surface area contributed by atoms with Gasteiger partial charge in [0.1, 0.15) is 5.76 Å². The van der Waals surface area contributed by atoms with Gasteiger partial charge in [-0.3, -0.25) is 4.79 Å². The zero-order chi connectivity index (χ0) is 17.5. The Balaban J connectivity index is 1.26. The van der Waals surface area contributed by atoms with Gasteiger partial charge in [0.25, 0.3) is 5.91 Å². The number of nitrogens with zero attached hydrogens (tertiary/aromatic N) is 4. The molecule has 1 amide bonds. The van der Waals surface area contributed by atoms with Gasteiger partial charge < -0.3 is 18.8 Å². The molecule has 4 aromatic rings. The van der Waals surface area contributed by atoms with Crippen LogP contribution in [-0.4, -0.2) is 25.6 Å². The van der Waals surface area contributed by atoms with Gasteiger partial charge in [0.15, 0.2) is 5.69 Å². The molecule has 1 aliphatic rings. The molecule has 0 bridgehead atoms. The maximum Gasteiger partial charge on any atom is 0.253 e. The first-order valence-electron chi connectivity index (χ1n) is 8.41. The summed E-state index contributed by atoms with van der Waals surface area (Å²) in [5, 5.41) is 10.7. The monoisotopic (exact) mass is 349 g/mol. The Morgan fingerprint density at radius 3 is 3.00 bits per heavy atom. The Kier molecular flexibility index (Phi) is 3.34. The van der Waals surface area contributed by atoms with Crippen LogP contribution in [0.5, 0.6) is 0 Å². The van der Waals surface area contributed by atoms with Crippen molar-refractivity contribution >= 4 is 11.4 Å². The van der Waals surface area contributed by atoms with E-state index in [1.165, 1.54) is 0 Å². The highest BCUT2D eigenvalue weighted by Crippen LogP contribution is 2.40. The third-order valence-electron chi connectivity index (χ3n) is 4.37. The van der Waals surface area contributed by atoms with E-state index < -0.39 is 0 Å². The summed E-state index contributed by atoms with van der Waals surface area (Å²) in [7, 11) is 0. The van der Waals surface area contributed by atoms with Gasteiger partial charge in [-0.1, -0.05) is 16.4 Å². The molecule has 8 nitrogen and oxygen atoms in total. The van der Waals surface area contributed by atoms with Crippen LogP contribution in [0.3, 0.4) is 0 Å². The van der Waals surface area contributed by atoms with Crippen molar-refractivity contribution in [1.29, 1.82) is 0 Å². The van der Waals surface area contributed by atoms with E-state index in [0.717, 1.165) is 24.1 Å². The van der Waals surface area contributed by atoms with Crippen molar-refractivity contribution in [2.45, 2.75) is 25.3 Å². The topological polar surface area (TPSA) is 98.5 Å². The zero-order valence-corrected chi connectivity index (χ0v) is 13.8. The molecule has 1 aliphatic carbocycles. The van der Waals surface area contributed by atoms with Gasteiger partial charge in [0.2, 0.25) is 11.7 Å². The van der Waals surface area contributed by atoms with Gasteiger partial charge in [-0.05, 0) is 31.0 Å². The van der Waals surface area contributed by atoms with Crippen LogP contribution in [0, 0.1) is 0 Å². The summed E-state index contributed by atoms with van der Waals surface area (Å²) in [5.74, 6) is 1.80. The van der Waals surface area contributed by atoms with E-state index in [2.05, 4.69) is 20.6 Å². The number of amides is 1. The SMILES string of the molecule is O=C(NCc1nc(-c2cc(C3CC3)on2)no1)c1cc2ccccn2c1. The maximum absolute atomic E-state index is 12.3. The Bertz CT molecular complexity index is 1060. The lowest BCUT2D eigenvalue weighted by Gasteiger charge is -1.98. The molecule has 0 radical (unpaired) electrons. The fourth-order valence-electron chi connectivity index (χ4n) is 2.82. The minimum atomic E-state index is -0.203. The highest BCUT2D eigenvalue weighted by molar-refractivity contribution is 5.95. The second-order valence-corrected chi connectivity index (χ2v) is 6.34. The Morgan fingerprint density at radius 1 is 1.23 bits per heavy atom. The number of carbonyl (C=O) groups excluding carboxylic acids is 1. The molecule has 4 heterocycles. The molecule has 4 aromatic heterocycles. The largest absolute Gasteiger partial charge is 0.360 e. The number of hydrogen-bond donors (Lipinski definition) is 1. The zero-order valence-electron chi connectivity index (χ0n) is 13.8. The van der Waals surface area contributed by atoms with E-state index >= 15 is 0 Å². The maximum atomic E-state index is 12.3. The van der Waals surface area contributed by atoms with Gasteiger partial charge in [-0.25, -0.2) is 0 Å². The van der Waals surface area contributed by atoms with Crippen molar-refractivity contribution in [3.8, 4) is 11.5 Å². The van der Waals surface area contributed by atoms with Gasteiger partial charge >= 0.3 is 0 Å². The highest BCUT2D eigenvalue weighted by Gasteiger charge is 2.28. The molecule has 5 rings (SSSR count). The molecular weight excluding hydrogens is 334 g/mol. The van der Waals surface area contributed by atoms with Crippen LogP contribution in [0.4, 0.5) is 0 Å². The molecule has 26 heavy (non-hydrogen) atoms. The molecule has 0 unspecified atom stereocenters. The van der Waals surface area contributed by atoms with Crippen LogP contribution in [0.1, 0.15) is 40.8 Å². The summed E-state index contributed by atoms with van der Waals surface area (Å²) < 4.78 is 12.4. The van der Waals surface area contributed by atoms with Crippen LogP contribution < -0.4 is 5.32 Å². The van der Waals surface area contributed by atoms with E-state index in [1.54, 1.807) is 6.20 Å². The van der Waals surface area contributed by atoms with Crippen LogP contribution in [0.2, 0.25) is 0 Å². The Hall–Kier alpha value is -3.42. The molecule has 0 atom stereocenters. The quantitative estimate of drug-likeness (QED) is 0.595. The summed E-state index contributed by atoms with van der Waals surface area (Å²) in [6.07, 6.45) is 5.93. The predicted octanol–water partition coefficient (Wildman–Crippen LogP) is 2.78. The average molecular weight is 349 g/mol. The first-order valence-corrected chi connectivity index (χ1v) is 8.41. The molecule has 0 aromatic carbocycles. The third-order valence-corrected chi connectivity index (χ3v) is 4.37. The third kappa shape index (κ3) is 2.75. The van der Waals surface area contributed by atoms with Gasteiger partial charge in [-0.15, -0.1) is 0 Å². The smallest absolute Gasteiger partial charge is 0.253 e. The number of nitrogens with one attached hydrogen (secondary N) is 1. The number of aromatic nitrogens is 4. The van der Waals surface area contributed by atoms with Crippen LogP contribution in [0.25, 0.3) is 17.0 Å². The van der Waals surface area contributed by atoms with Crippen molar-refractivity contribution in [1.82, 2.24) is 25.0 Å². The number of carbonyl (C=O) groups is 1. The summed E-state index contributed by atoms with van der Waals surface area (Å²) in [6, 6.07) is 9.44. The molecule has 130 valence electrons. The molecular formula is C18H15N5O3. The molecule has 0 spiro atoms. The highest BCUT2D eigenvalue weighted by atomic mass is 16.5. The number of pyridine rings is 1. The van der Waals surface area contributed by atoms with E-state index in [0.29, 0.717) is 28.9 Å². The van der Waals surface area contributed by atoms with Gasteiger partial charge in [0.05, 0.1) is 12.1 Å². The van der Waals surface area contributed by atoms with Gasteiger partial charge in [-0.2, -0.15) is 4.98 Å². The Morgan fingerprint density at radius 2 is 2.15 bits per heavy atom. The fourth-order valence-corrected chi connectivity index (χ4v) is 2.82. The van der Waals surface area contributed by atoms with Crippen molar-refractivity contribution in [2.75, 3.05) is 0 Å². The second-order valence-electron chi connectivity index (χ2n) is 6.34. The Labute approximate surface area is 147 Å². The number of fused-ring (bicyclic) bond motifs is 1. The second kappa shape index (κ2) is 5.83. The lowest BCUT2D eigenvalue weighted by molar-refractivity contribution is 0.0946. The van der Waals surface area contributed by atoms with E-state index in [4.69, 9.17) is 9.05 Å². The van der Waals surface area contributed by atoms with E-state index in [-0.39, 0.29) is 12.5 Å². The molecule has 1 N–H and O–H groups in total. The van der Waals surface area contributed by atoms with Crippen molar-refractivity contribution in [2.24, 2.45) is 0 Å². The molecule has 1 fully saturated rings. The predicted molar refractivity (Wildman–Crippen MR) is 90.3 cm³/mol. The number of hydrogen-bond acceptors (Lipinski definition) is 6. The van der Waals surface area contributed by atoms with E-state index in [9.17, 15) is 4.79 Å². The first kappa shape index (κ1) is 14.9. The molecule has 8 heteroatoms. The van der Waals surface area contributed by atoms with E-state index in [1.807, 2.05) is 40.9 Å². The summed E-state index contributed by atoms with van der Waals surface area (Å²) in [5.41, 5.74) is 2.07. The molecule has 0 saturated heterocycles. The summed E-state index contributed by atoms with van der Waals surface area (Å²) in [6.45, 7) is 0.144. The summed E-state index contributed by atoms with van der Waals surface area (Å²) >= 11 is 0. The molecule has 0 aliphatic heterocycles. The van der Waals surface area contributed by atoms with Crippen molar-refractivity contribution < 1.29 is 13.8 Å². The van der Waals surface area contributed by atoms with Crippen LogP contribution in [-0.2, 0) is 6.54 Å². The fraction of sp³-hybridized carbons (Fsp3) is 0.222. The van der Waals surface area contributed by atoms with Crippen LogP contribution >= 0.6 is 0 Å². The van der Waals surface area contributed by atoms with Crippen molar-refractivity contribution in [3.05, 3.63) is 59.9 Å².